The first kappa shape index (κ1) is 26.6. The van der Waals surface area contributed by atoms with Gasteiger partial charge in [0.2, 0.25) is 0 Å². The molecule has 176 valence electrons. The number of hydrogen-bond donors (Lipinski definition) is 4. The molecule has 0 saturated carbocycles. The highest BCUT2D eigenvalue weighted by Gasteiger charge is 2.46. The molecule has 0 aromatic rings. The van der Waals surface area contributed by atoms with E-state index in [0.29, 0.717) is 25.9 Å². The van der Waals surface area contributed by atoms with Crippen molar-refractivity contribution >= 4 is 31.3 Å². The van der Waals surface area contributed by atoms with Gasteiger partial charge in [0, 0.05) is 26.0 Å². The molecule has 30 heavy (non-hydrogen) atoms. The molecule has 2 aliphatic rings. The van der Waals surface area contributed by atoms with E-state index >= 15 is 0 Å². The van der Waals surface area contributed by atoms with Crippen LogP contribution < -0.4 is 0 Å². The molecule has 0 bridgehead atoms. The maximum absolute atomic E-state index is 11.9. The molecule has 18 heteroatoms. The summed E-state index contributed by atoms with van der Waals surface area (Å²) in [4.78, 5) is 35.9. The summed E-state index contributed by atoms with van der Waals surface area (Å²) in [6, 6.07) is -0.282. The normalized spacial score (nSPS) is 36.9. The second kappa shape index (κ2) is 10.1. The molecule has 7 atom stereocenters. The average molecular weight is 498 g/mol. The fourth-order valence-electron chi connectivity index (χ4n) is 3.29. The standard InChI is InChI=1S/C12H26BO14P3/c1-8-6-12(21-2,3-4-22-8)25-9-5-11(13)24-10(9)7-23-29(17,18)27-30(19,20)26-28(14,15)16/h8-11H,3-7,13H2,1-2H3,(H,17,18)(H,19,20)(H2,14,15,16). The Balaban J connectivity index is 1.99. The summed E-state index contributed by atoms with van der Waals surface area (Å²) in [7, 11) is -13.0. The van der Waals surface area contributed by atoms with E-state index in [1.165, 1.54) is 7.11 Å². The fourth-order valence-corrected chi connectivity index (χ4v) is 6.32. The summed E-state index contributed by atoms with van der Waals surface area (Å²) in [5.41, 5.74) is 0. The van der Waals surface area contributed by atoms with Crippen molar-refractivity contribution in [2.24, 2.45) is 0 Å². The van der Waals surface area contributed by atoms with Crippen molar-refractivity contribution in [1.82, 2.24) is 0 Å². The highest BCUT2D eigenvalue weighted by molar-refractivity contribution is 7.66. The minimum Gasteiger partial charge on any atom is -0.379 e. The molecule has 7 unspecified atom stereocenters. The van der Waals surface area contributed by atoms with E-state index in [2.05, 4.69) is 13.1 Å². The maximum Gasteiger partial charge on any atom is 0.490 e. The van der Waals surface area contributed by atoms with Crippen molar-refractivity contribution < 1.29 is 65.4 Å². The lowest BCUT2D eigenvalue weighted by Gasteiger charge is -2.41. The summed E-state index contributed by atoms with van der Waals surface area (Å²) >= 11 is 0. The van der Waals surface area contributed by atoms with Crippen LogP contribution in [0, 0.1) is 0 Å². The van der Waals surface area contributed by atoms with Gasteiger partial charge in [-0.1, -0.05) is 0 Å². The lowest BCUT2D eigenvalue weighted by Crippen LogP contribution is -2.48. The SMILES string of the molecule is BC1CC(OC2(OC)CCOC(C)C2)C(COP(=O)(O)OP(=O)(O)OP(=O)(O)O)O1. The van der Waals surface area contributed by atoms with E-state index in [1.54, 1.807) is 7.85 Å². The predicted molar refractivity (Wildman–Crippen MR) is 101 cm³/mol. The second-order valence-corrected chi connectivity index (χ2v) is 11.4. The lowest BCUT2D eigenvalue weighted by molar-refractivity contribution is -0.290. The van der Waals surface area contributed by atoms with Crippen LogP contribution in [0.4, 0.5) is 0 Å². The van der Waals surface area contributed by atoms with Gasteiger partial charge in [-0.3, -0.25) is 4.52 Å². The molecule has 0 spiro atoms. The zero-order valence-electron chi connectivity index (χ0n) is 16.6. The van der Waals surface area contributed by atoms with Gasteiger partial charge < -0.3 is 38.5 Å². The summed E-state index contributed by atoms with van der Waals surface area (Å²) in [6.07, 6.45) is -0.220. The van der Waals surface area contributed by atoms with Gasteiger partial charge in [0.1, 0.15) is 14.0 Å². The Morgan fingerprint density at radius 1 is 1.13 bits per heavy atom. The number of phosphoric ester groups is 1. The van der Waals surface area contributed by atoms with Gasteiger partial charge in [-0.25, -0.2) is 13.7 Å². The zero-order chi connectivity index (χ0) is 22.8. The molecule has 0 amide bonds. The molecule has 4 N–H and O–H groups in total. The maximum atomic E-state index is 11.9. The number of hydrogen-bond acceptors (Lipinski definition) is 10. The Labute approximate surface area is 174 Å². The largest absolute Gasteiger partial charge is 0.490 e. The minimum absolute atomic E-state index is 0.105. The molecular formula is C12H26BO14P3. The molecule has 0 aromatic heterocycles. The third kappa shape index (κ3) is 8.34. The molecule has 14 nitrogen and oxygen atoms in total. The minimum atomic E-state index is -5.58. The summed E-state index contributed by atoms with van der Waals surface area (Å²) < 4.78 is 68.8. The Bertz CT molecular complexity index is 731. The Kier molecular flexibility index (Phi) is 8.92. The smallest absolute Gasteiger partial charge is 0.379 e. The fraction of sp³-hybridized carbons (Fsp3) is 1.00. The third-order valence-corrected chi connectivity index (χ3v) is 8.23. The summed E-state index contributed by atoms with van der Waals surface area (Å²) in [6.45, 7) is 1.71. The number of methoxy groups -OCH3 is 1. The topological polar surface area (TPSA) is 197 Å². The van der Waals surface area contributed by atoms with Crippen LogP contribution >= 0.6 is 23.5 Å². The third-order valence-electron chi connectivity index (χ3n) is 4.43. The van der Waals surface area contributed by atoms with Crippen LogP contribution in [0.25, 0.3) is 0 Å². The van der Waals surface area contributed by atoms with Crippen molar-refractivity contribution in [3.8, 4) is 0 Å². The van der Waals surface area contributed by atoms with Crippen molar-refractivity contribution in [3.63, 3.8) is 0 Å². The zero-order valence-corrected chi connectivity index (χ0v) is 19.2. The number of phosphoric acid groups is 3. The first-order chi connectivity index (χ1) is 13.6. The van der Waals surface area contributed by atoms with E-state index in [9.17, 15) is 23.5 Å². The van der Waals surface area contributed by atoms with Crippen LogP contribution in [0.1, 0.15) is 26.2 Å². The van der Waals surface area contributed by atoms with Crippen LogP contribution in [0.2, 0.25) is 0 Å². The molecule has 0 aromatic carbocycles. The van der Waals surface area contributed by atoms with Crippen molar-refractivity contribution in [1.29, 1.82) is 0 Å². The molecule has 2 fully saturated rings. The van der Waals surface area contributed by atoms with Crippen LogP contribution in [-0.2, 0) is 45.8 Å². The number of rotatable bonds is 10. The van der Waals surface area contributed by atoms with Crippen LogP contribution in [-0.4, -0.2) is 77.8 Å². The first-order valence-electron chi connectivity index (χ1n) is 8.93. The van der Waals surface area contributed by atoms with Crippen molar-refractivity contribution in [3.05, 3.63) is 0 Å². The summed E-state index contributed by atoms with van der Waals surface area (Å²) in [5.74, 6) is -0.939. The number of ether oxygens (including phenoxy) is 4. The molecule has 0 radical (unpaired) electrons. The highest BCUT2D eigenvalue weighted by Crippen LogP contribution is 2.66. The molecule has 2 saturated heterocycles. The van der Waals surface area contributed by atoms with Crippen LogP contribution in [0.3, 0.4) is 0 Å². The molecule has 2 heterocycles. The van der Waals surface area contributed by atoms with Gasteiger partial charge in [-0.05, 0) is 13.3 Å². The van der Waals surface area contributed by atoms with Gasteiger partial charge in [0.05, 0.1) is 25.4 Å². The highest BCUT2D eigenvalue weighted by atomic mass is 31.3. The van der Waals surface area contributed by atoms with Gasteiger partial charge >= 0.3 is 23.5 Å². The van der Waals surface area contributed by atoms with Gasteiger partial charge in [0.15, 0.2) is 5.79 Å². The van der Waals surface area contributed by atoms with Gasteiger partial charge in [-0.15, -0.1) is 0 Å². The molecule has 0 aliphatic carbocycles. The van der Waals surface area contributed by atoms with Crippen molar-refractivity contribution in [2.75, 3.05) is 20.3 Å². The van der Waals surface area contributed by atoms with E-state index in [4.69, 9.17) is 28.7 Å². The predicted octanol–water partition coefficient (Wildman–Crippen LogP) is 0.00460. The van der Waals surface area contributed by atoms with E-state index in [1.807, 2.05) is 6.92 Å². The van der Waals surface area contributed by atoms with E-state index in [-0.39, 0.29) is 12.1 Å². The second-order valence-electron chi connectivity index (χ2n) is 7.01. The molecule has 2 aliphatic heterocycles. The van der Waals surface area contributed by atoms with Crippen LogP contribution in [0.5, 0.6) is 0 Å². The average Bonchev–Trinajstić information content (AvgIpc) is 2.89. The summed E-state index contributed by atoms with van der Waals surface area (Å²) in [5, 5.41) is 0. The molecule has 2 rings (SSSR count). The van der Waals surface area contributed by atoms with E-state index < -0.39 is 48.1 Å². The lowest BCUT2D eigenvalue weighted by atomic mass is 9.95. The van der Waals surface area contributed by atoms with Gasteiger partial charge in [0.25, 0.3) is 0 Å². The quantitative estimate of drug-likeness (QED) is 0.178. The molecular weight excluding hydrogens is 472 g/mol. The van der Waals surface area contributed by atoms with Crippen LogP contribution in [0.15, 0.2) is 0 Å². The van der Waals surface area contributed by atoms with Gasteiger partial charge in [-0.2, -0.15) is 8.62 Å². The Hall–Kier alpha value is 0.315. The Morgan fingerprint density at radius 3 is 2.37 bits per heavy atom. The monoisotopic (exact) mass is 498 g/mol. The van der Waals surface area contributed by atoms with Crippen molar-refractivity contribution in [2.45, 2.75) is 56.3 Å². The first-order valence-corrected chi connectivity index (χ1v) is 13.4. The van der Waals surface area contributed by atoms with E-state index in [0.717, 1.165) is 0 Å². The Morgan fingerprint density at radius 2 is 1.80 bits per heavy atom.